The molecule has 0 fully saturated rings. The van der Waals surface area contributed by atoms with Crippen molar-refractivity contribution >= 4 is 35.1 Å². The number of amides is 1. The van der Waals surface area contributed by atoms with Crippen LogP contribution >= 0.6 is 23.5 Å². The van der Waals surface area contributed by atoms with Crippen LogP contribution in [0.15, 0.2) is 93.8 Å². The highest BCUT2D eigenvalue weighted by atomic mass is 32.2. The zero-order chi connectivity index (χ0) is 23.9. The molecule has 3 N–H and O–H groups in total. The summed E-state index contributed by atoms with van der Waals surface area (Å²) < 4.78 is 30.2. The lowest BCUT2D eigenvalue weighted by Gasteiger charge is -2.10. The van der Waals surface area contributed by atoms with Crippen LogP contribution in [0.3, 0.4) is 0 Å². The van der Waals surface area contributed by atoms with Crippen LogP contribution < -0.4 is 15.9 Å². The molecular formula is C23H19F2N5O2S2. The Morgan fingerprint density at radius 3 is 2.44 bits per heavy atom. The van der Waals surface area contributed by atoms with E-state index in [0.717, 1.165) is 21.6 Å². The van der Waals surface area contributed by atoms with Crippen LogP contribution in [0.1, 0.15) is 0 Å². The van der Waals surface area contributed by atoms with Crippen molar-refractivity contribution in [1.82, 2.24) is 14.9 Å². The molecule has 0 aliphatic heterocycles. The number of aromatic nitrogens is 3. The largest absolute Gasteiger partial charge is 0.435 e. The van der Waals surface area contributed by atoms with E-state index in [4.69, 9.17) is 5.84 Å². The molecule has 0 bridgehead atoms. The highest BCUT2D eigenvalue weighted by Gasteiger charge is 2.15. The van der Waals surface area contributed by atoms with Crippen molar-refractivity contribution < 1.29 is 18.3 Å². The summed E-state index contributed by atoms with van der Waals surface area (Å²) in [4.78, 5) is 14.6. The highest BCUT2D eigenvalue weighted by Crippen LogP contribution is 2.33. The van der Waals surface area contributed by atoms with Crippen molar-refractivity contribution in [1.29, 1.82) is 0 Å². The molecule has 3 aromatic carbocycles. The van der Waals surface area contributed by atoms with Crippen LogP contribution in [-0.4, -0.2) is 33.1 Å². The molecule has 0 aliphatic rings. The summed E-state index contributed by atoms with van der Waals surface area (Å²) in [5, 5.41) is 11.3. The Balaban J connectivity index is 1.38. The first-order valence-corrected chi connectivity index (χ1v) is 11.8. The van der Waals surface area contributed by atoms with E-state index in [1.54, 1.807) is 23.9 Å². The predicted molar refractivity (Wildman–Crippen MR) is 129 cm³/mol. The van der Waals surface area contributed by atoms with Gasteiger partial charge in [-0.25, -0.2) is 4.68 Å². The minimum atomic E-state index is -2.90. The standard InChI is InChI=1S/C23H19F2N5O2S2/c24-22(25)32-16-12-10-15(11-13-16)21-28-29-23(30(21)26)33-14-20(31)27-18-8-4-5-9-19(18)34-17-6-2-1-3-7-17/h1-13,22H,14,26H2,(H,27,31). The zero-order valence-electron chi connectivity index (χ0n) is 17.6. The molecule has 7 nitrogen and oxygen atoms in total. The van der Waals surface area contributed by atoms with Gasteiger partial charge < -0.3 is 15.9 Å². The molecule has 0 unspecified atom stereocenters. The third kappa shape index (κ3) is 6.06. The quantitative estimate of drug-likeness (QED) is 0.243. The lowest BCUT2D eigenvalue weighted by atomic mass is 10.2. The summed E-state index contributed by atoms with van der Waals surface area (Å²) in [7, 11) is 0. The SMILES string of the molecule is Nn1c(SCC(=O)Nc2ccccc2Sc2ccccc2)nnc1-c1ccc(OC(F)F)cc1. The Morgan fingerprint density at radius 1 is 1.00 bits per heavy atom. The van der Waals surface area contributed by atoms with Gasteiger partial charge >= 0.3 is 6.61 Å². The Hall–Kier alpha value is -3.57. The average Bonchev–Trinajstić information content (AvgIpc) is 3.20. The number of hydrogen-bond acceptors (Lipinski definition) is 7. The van der Waals surface area contributed by atoms with Gasteiger partial charge in [-0.3, -0.25) is 4.79 Å². The van der Waals surface area contributed by atoms with E-state index in [0.29, 0.717) is 22.2 Å². The number of nitrogens with two attached hydrogens (primary N) is 1. The van der Waals surface area contributed by atoms with Crippen LogP contribution in [0.5, 0.6) is 5.75 Å². The topological polar surface area (TPSA) is 95.1 Å². The van der Waals surface area contributed by atoms with Gasteiger partial charge in [0.2, 0.25) is 11.1 Å². The molecule has 0 atom stereocenters. The molecule has 34 heavy (non-hydrogen) atoms. The monoisotopic (exact) mass is 499 g/mol. The van der Waals surface area contributed by atoms with Crippen molar-refractivity contribution in [2.75, 3.05) is 16.9 Å². The number of halogens is 2. The van der Waals surface area contributed by atoms with E-state index in [1.807, 2.05) is 54.6 Å². The normalized spacial score (nSPS) is 10.9. The molecule has 1 aromatic heterocycles. The molecule has 0 saturated heterocycles. The van der Waals surface area contributed by atoms with Gasteiger partial charge in [-0.15, -0.1) is 10.2 Å². The number of alkyl halides is 2. The molecule has 0 aliphatic carbocycles. The summed E-state index contributed by atoms with van der Waals surface area (Å²) >= 11 is 2.69. The summed E-state index contributed by atoms with van der Waals surface area (Å²) in [5.41, 5.74) is 1.28. The summed E-state index contributed by atoms with van der Waals surface area (Å²) in [6.45, 7) is -2.90. The number of carbonyl (C=O) groups is 1. The van der Waals surface area contributed by atoms with Crippen LogP contribution in [0.2, 0.25) is 0 Å². The second-order valence-electron chi connectivity index (χ2n) is 6.83. The number of nitrogen functional groups attached to an aromatic ring is 1. The molecule has 4 aromatic rings. The van der Waals surface area contributed by atoms with Crippen molar-refractivity contribution in [3.63, 3.8) is 0 Å². The first-order valence-electron chi connectivity index (χ1n) is 10.00. The first-order chi connectivity index (χ1) is 16.5. The molecule has 1 amide bonds. The van der Waals surface area contributed by atoms with Crippen LogP contribution in [0.25, 0.3) is 11.4 Å². The Morgan fingerprint density at radius 2 is 1.71 bits per heavy atom. The lowest BCUT2D eigenvalue weighted by Crippen LogP contribution is -2.16. The smallest absolute Gasteiger partial charge is 0.387 e. The maximum absolute atomic E-state index is 12.6. The van der Waals surface area contributed by atoms with Gasteiger partial charge in [-0.05, 0) is 48.5 Å². The van der Waals surface area contributed by atoms with E-state index >= 15 is 0 Å². The zero-order valence-corrected chi connectivity index (χ0v) is 19.2. The Labute approximate surface area is 202 Å². The minimum absolute atomic E-state index is 0.0267. The number of para-hydroxylation sites is 1. The van der Waals surface area contributed by atoms with Crippen LogP contribution in [-0.2, 0) is 4.79 Å². The number of hydrogen-bond donors (Lipinski definition) is 2. The van der Waals surface area contributed by atoms with Gasteiger partial charge in [0.25, 0.3) is 0 Å². The molecule has 11 heteroatoms. The van der Waals surface area contributed by atoms with Gasteiger partial charge in [0.15, 0.2) is 5.82 Å². The lowest BCUT2D eigenvalue weighted by molar-refractivity contribution is -0.113. The maximum atomic E-state index is 12.6. The fraction of sp³-hybridized carbons (Fsp3) is 0.0870. The first kappa shape index (κ1) is 23.6. The fourth-order valence-electron chi connectivity index (χ4n) is 2.95. The van der Waals surface area contributed by atoms with Crippen molar-refractivity contribution in [3.8, 4) is 17.1 Å². The molecule has 0 saturated carbocycles. The Kier molecular flexibility index (Phi) is 7.65. The van der Waals surface area contributed by atoms with Gasteiger partial charge in [-0.1, -0.05) is 53.9 Å². The number of carbonyl (C=O) groups excluding carboxylic acids is 1. The Bertz CT molecular complexity index is 1250. The van der Waals surface area contributed by atoms with E-state index in [9.17, 15) is 13.6 Å². The average molecular weight is 500 g/mol. The highest BCUT2D eigenvalue weighted by molar-refractivity contribution is 8.00. The van der Waals surface area contributed by atoms with Crippen molar-refractivity contribution in [3.05, 3.63) is 78.9 Å². The maximum Gasteiger partial charge on any atom is 0.387 e. The van der Waals surface area contributed by atoms with Crippen LogP contribution in [0, 0.1) is 0 Å². The third-order valence-electron chi connectivity index (χ3n) is 4.47. The van der Waals surface area contributed by atoms with Crippen LogP contribution in [0.4, 0.5) is 14.5 Å². The molecular weight excluding hydrogens is 480 g/mol. The molecule has 0 radical (unpaired) electrons. The third-order valence-corrected chi connectivity index (χ3v) is 6.49. The molecule has 4 rings (SSSR count). The predicted octanol–water partition coefficient (Wildman–Crippen LogP) is 5.14. The minimum Gasteiger partial charge on any atom is -0.435 e. The number of nitrogens with zero attached hydrogens (tertiary/aromatic N) is 3. The number of rotatable bonds is 9. The summed E-state index contributed by atoms with van der Waals surface area (Å²) in [6, 6.07) is 23.3. The van der Waals surface area contributed by atoms with Crippen molar-refractivity contribution in [2.45, 2.75) is 21.6 Å². The number of benzene rings is 3. The van der Waals surface area contributed by atoms with Crippen molar-refractivity contribution in [2.24, 2.45) is 0 Å². The second kappa shape index (κ2) is 11.0. The molecule has 0 spiro atoms. The van der Waals surface area contributed by atoms with E-state index in [-0.39, 0.29) is 17.4 Å². The van der Waals surface area contributed by atoms with Gasteiger partial charge in [0.05, 0.1) is 11.4 Å². The van der Waals surface area contributed by atoms with E-state index in [2.05, 4.69) is 20.3 Å². The number of thioether (sulfide) groups is 1. The second-order valence-corrected chi connectivity index (χ2v) is 8.89. The summed E-state index contributed by atoms with van der Waals surface area (Å²) in [5.74, 6) is 6.30. The van der Waals surface area contributed by atoms with Gasteiger partial charge in [0, 0.05) is 15.4 Å². The number of anilines is 1. The molecule has 1 heterocycles. The number of ether oxygens (including phenoxy) is 1. The van der Waals surface area contributed by atoms with E-state index < -0.39 is 6.61 Å². The number of nitrogens with one attached hydrogen (secondary N) is 1. The molecule has 174 valence electrons. The fourth-order valence-corrected chi connectivity index (χ4v) is 4.53. The van der Waals surface area contributed by atoms with Gasteiger partial charge in [-0.2, -0.15) is 8.78 Å². The summed E-state index contributed by atoms with van der Waals surface area (Å²) in [6.07, 6.45) is 0. The van der Waals surface area contributed by atoms with Gasteiger partial charge in [0.1, 0.15) is 5.75 Å². The van der Waals surface area contributed by atoms with E-state index in [1.165, 1.54) is 16.8 Å².